The summed E-state index contributed by atoms with van der Waals surface area (Å²) in [6.45, 7) is 3.76. The topological polar surface area (TPSA) is 52.6 Å². The molecule has 0 aliphatic carbocycles. The second-order valence-corrected chi connectivity index (χ2v) is 2.77. The van der Waals surface area contributed by atoms with Crippen LogP contribution in [0.2, 0.25) is 0 Å². The van der Waals surface area contributed by atoms with Crippen molar-refractivity contribution in [1.82, 2.24) is 0 Å². The molecule has 0 aromatic rings. The van der Waals surface area contributed by atoms with Gasteiger partial charge in [0.1, 0.15) is 12.2 Å². The molecule has 0 N–H and O–H groups in total. The van der Waals surface area contributed by atoms with Crippen molar-refractivity contribution in [2.75, 3.05) is 6.61 Å². The van der Waals surface area contributed by atoms with Crippen LogP contribution in [0.3, 0.4) is 0 Å². The van der Waals surface area contributed by atoms with Gasteiger partial charge in [-0.15, -0.1) is 0 Å². The molecular formula is C7H10O4. The number of esters is 2. The van der Waals surface area contributed by atoms with E-state index in [9.17, 15) is 9.59 Å². The van der Waals surface area contributed by atoms with E-state index in [1.165, 1.54) is 0 Å². The van der Waals surface area contributed by atoms with Gasteiger partial charge in [-0.05, 0) is 13.3 Å². The van der Waals surface area contributed by atoms with E-state index in [2.05, 4.69) is 4.74 Å². The van der Waals surface area contributed by atoms with Crippen LogP contribution in [0.25, 0.3) is 0 Å². The van der Waals surface area contributed by atoms with Gasteiger partial charge in [-0.25, -0.2) is 9.59 Å². The van der Waals surface area contributed by atoms with Gasteiger partial charge in [0.15, 0.2) is 0 Å². The van der Waals surface area contributed by atoms with Crippen LogP contribution in [0.4, 0.5) is 0 Å². The number of cyclic esters (lactones) is 2. The molecule has 4 nitrogen and oxygen atoms in total. The van der Waals surface area contributed by atoms with Gasteiger partial charge in [-0.3, -0.25) is 0 Å². The van der Waals surface area contributed by atoms with Crippen LogP contribution in [0, 0.1) is 0 Å². The largest absolute Gasteiger partial charge is 0.453 e. The van der Waals surface area contributed by atoms with Crippen LogP contribution in [-0.4, -0.2) is 24.1 Å². The fourth-order valence-electron chi connectivity index (χ4n) is 0.746. The molecule has 4 heteroatoms. The van der Waals surface area contributed by atoms with E-state index in [0.717, 1.165) is 0 Å². The maximum absolute atomic E-state index is 10.7. The van der Waals surface area contributed by atoms with Crippen molar-refractivity contribution in [3.8, 4) is 0 Å². The predicted octanol–water partition coefficient (Wildman–Crippen LogP) is 0.255. The number of ether oxygens (including phenoxy) is 2. The van der Waals surface area contributed by atoms with E-state index in [1.807, 2.05) is 6.92 Å². The molecule has 0 amide bonds. The summed E-state index contributed by atoms with van der Waals surface area (Å²) in [7, 11) is 0. The fourth-order valence-corrected chi connectivity index (χ4v) is 0.746. The summed E-state index contributed by atoms with van der Waals surface area (Å²) < 4.78 is 9.40. The average molecular weight is 158 g/mol. The molecule has 1 rings (SSSR count). The summed E-state index contributed by atoms with van der Waals surface area (Å²) in [5, 5.41) is 0. The highest BCUT2D eigenvalue weighted by molar-refractivity contribution is 6.30. The smallest absolute Gasteiger partial charge is 0.418 e. The lowest BCUT2D eigenvalue weighted by Crippen LogP contribution is -2.45. The maximum Gasteiger partial charge on any atom is 0.418 e. The first-order valence-corrected chi connectivity index (χ1v) is 3.47. The molecule has 1 aliphatic heterocycles. The monoisotopic (exact) mass is 158 g/mol. The maximum atomic E-state index is 10.7. The van der Waals surface area contributed by atoms with E-state index in [1.54, 1.807) is 6.92 Å². The zero-order valence-corrected chi connectivity index (χ0v) is 6.55. The first-order valence-electron chi connectivity index (χ1n) is 3.47. The molecule has 1 unspecified atom stereocenters. The van der Waals surface area contributed by atoms with Gasteiger partial charge < -0.3 is 9.47 Å². The third kappa shape index (κ3) is 1.50. The minimum absolute atomic E-state index is 0.161. The molecular weight excluding hydrogens is 148 g/mol. The van der Waals surface area contributed by atoms with Gasteiger partial charge in [0.2, 0.25) is 0 Å². The van der Waals surface area contributed by atoms with Crippen molar-refractivity contribution >= 4 is 11.9 Å². The molecule has 0 aromatic carbocycles. The van der Waals surface area contributed by atoms with Gasteiger partial charge in [-0.2, -0.15) is 0 Å². The van der Waals surface area contributed by atoms with E-state index in [0.29, 0.717) is 6.42 Å². The molecule has 0 bridgehead atoms. The van der Waals surface area contributed by atoms with Gasteiger partial charge in [0, 0.05) is 0 Å². The lowest BCUT2D eigenvalue weighted by atomic mass is 10.0. The Morgan fingerprint density at radius 2 is 2.09 bits per heavy atom. The summed E-state index contributed by atoms with van der Waals surface area (Å²) in [4.78, 5) is 21.2. The Kier molecular flexibility index (Phi) is 1.85. The quantitative estimate of drug-likeness (QED) is 0.405. The number of rotatable bonds is 1. The normalized spacial score (nSPS) is 31.1. The molecule has 0 radical (unpaired) electrons. The summed E-state index contributed by atoms with van der Waals surface area (Å²) in [5.41, 5.74) is -0.620. The molecule has 1 atom stereocenters. The highest BCUT2D eigenvalue weighted by Gasteiger charge is 2.37. The molecule has 1 fully saturated rings. The Morgan fingerprint density at radius 3 is 2.55 bits per heavy atom. The van der Waals surface area contributed by atoms with Gasteiger partial charge in [-0.1, -0.05) is 6.92 Å². The third-order valence-electron chi connectivity index (χ3n) is 1.76. The van der Waals surface area contributed by atoms with E-state index in [4.69, 9.17) is 4.74 Å². The van der Waals surface area contributed by atoms with Crippen molar-refractivity contribution in [3.05, 3.63) is 0 Å². The van der Waals surface area contributed by atoms with Gasteiger partial charge in [0.05, 0.1) is 0 Å². The molecule has 0 aromatic heterocycles. The first-order chi connectivity index (χ1) is 5.07. The molecule has 1 saturated heterocycles. The molecule has 1 aliphatic rings. The van der Waals surface area contributed by atoms with Crippen molar-refractivity contribution in [1.29, 1.82) is 0 Å². The Hall–Kier alpha value is -1.06. The number of hydrogen-bond acceptors (Lipinski definition) is 4. The fraction of sp³-hybridized carbons (Fsp3) is 0.714. The standard InChI is InChI=1S/C7H10O4/c1-3-7(2)4-10-5(8)6(9)11-7/h3-4H2,1-2H3. The summed E-state index contributed by atoms with van der Waals surface area (Å²) in [6, 6.07) is 0. The molecule has 62 valence electrons. The van der Waals surface area contributed by atoms with Crippen LogP contribution >= 0.6 is 0 Å². The number of carbonyl (C=O) groups excluding carboxylic acids is 2. The van der Waals surface area contributed by atoms with Crippen LogP contribution in [0.15, 0.2) is 0 Å². The van der Waals surface area contributed by atoms with Crippen molar-refractivity contribution in [3.63, 3.8) is 0 Å². The Bertz CT molecular complexity index is 199. The van der Waals surface area contributed by atoms with Crippen LogP contribution in [-0.2, 0) is 19.1 Å². The number of carbonyl (C=O) groups is 2. The lowest BCUT2D eigenvalue weighted by molar-refractivity contribution is -0.197. The summed E-state index contributed by atoms with van der Waals surface area (Å²) in [6.07, 6.45) is 0.645. The third-order valence-corrected chi connectivity index (χ3v) is 1.76. The second kappa shape index (κ2) is 2.53. The highest BCUT2D eigenvalue weighted by atomic mass is 16.6. The van der Waals surface area contributed by atoms with Crippen molar-refractivity contribution in [2.24, 2.45) is 0 Å². The van der Waals surface area contributed by atoms with Crippen molar-refractivity contribution in [2.45, 2.75) is 25.9 Å². The van der Waals surface area contributed by atoms with Crippen molar-refractivity contribution < 1.29 is 19.1 Å². The predicted molar refractivity (Wildman–Crippen MR) is 35.7 cm³/mol. The molecule has 0 saturated carbocycles. The van der Waals surface area contributed by atoms with Crippen LogP contribution in [0.5, 0.6) is 0 Å². The van der Waals surface area contributed by atoms with E-state index in [-0.39, 0.29) is 6.61 Å². The zero-order valence-electron chi connectivity index (χ0n) is 6.55. The summed E-state index contributed by atoms with van der Waals surface area (Å²) in [5.74, 6) is -1.78. The Labute approximate surface area is 64.5 Å². The Morgan fingerprint density at radius 1 is 1.45 bits per heavy atom. The van der Waals surface area contributed by atoms with Gasteiger partial charge in [0.25, 0.3) is 0 Å². The minimum Gasteiger partial charge on any atom is -0.453 e. The second-order valence-electron chi connectivity index (χ2n) is 2.77. The van der Waals surface area contributed by atoms with E-state index >= 15 is 0 Å². The Balaban J connectivity index is 2.66. The molecule has 11 heavy (non-hydrogen) atoms. The van der Waals surface area contributed by atoms with Gasteiger partial charge >= 0.3 is 11.9 Å². The average Bonchev–Trinajstić information content (AvgIpc) is 1.98. The minimum atomic E-state index is -0.893. The summed E-state index contributed by atoms with van der Waals surface area (Å²) >= 11 is 0. The SMILES string of the molecule is CCC1(C)COC(=O)C(=O)O1. The molecule has 1 heterocycles. The van der Waals surface area contributed by atoms with Crippen LogP contribution < -0.4 is 0 Å². The van der Waals surface area contributed by atoms with Crippen LogP contribution in [0.1, 0.15) is 20.3 Å². The lowest BCUT2D eigenvalue weighted by Gasteiger charge is -2.30. The molecule has 0 spiro atoms. The first kappa shape index (κ1) is 8.04. The number of hydrogen-bond donors (Lipinski definition) is 0. The van der Waals surface area contributed by atoms with E-state index < -0.39 is 17.5 Å². The highest BCUT2D eigenvalue weighted by Crippen LogP contribution is 2.19. The zero-order chi connectivity index (χ0) is 8.48.